The first-order valence-electron chi connectivity index (χ1n) is 9.25. The number of rotatable bonds is 2. The lowest BCUT2D eigenvalue weighted by atomic mass is 10.0. The maximum atomic E-state index is 14.0. The van der Waals surface area contributed by atoms with Crippen molar-refractivity contribution >= 4 is 40.3 Å². The standard InChI is InChI=1S/C22H18ClF2N3O/c23-15-12-18(24)17(19(25)13-15)11-14-6-9-28(10-7-14)22(29)27-21-5-8-26-20-4-2-1-3-16(20)21/h1-5,8,11-13H,6-7,9-10H2,(H,26,27,29). The van der Waals surface area contributed by atoms with E-state index in [0.717, 1.165) is 28.6 Å². The number of halogens is 3. The molecule has 4 rings (SSSR count). The summed E-state index contributed by atoms with van der Waals surface area (Å²) in [5, 5.41) is 3.83. The number of urea groups is 1. The van der Waals surface area contributed by atoms with Crippen LogP contribution in [0.2, 0.25) is 5.02 Å². The number of carbonyl (C=O) groups is 1. The Morgan fingerprint density at radius 3 is 2.52 bits per heavy atom. The Bertz CT molecular complexity index is 1080. The van der Waals surface area contributed by atoms with Gasteiger partial charge in [-0.25, -0.2) is 13.6 Å². The number of pyridine rings is 1. The number of nitrogens with one attached hydrogen (secondary N) is 1. The zero-order chi connectivity index (χ0) is 20.4. The van der Waals surface area contributed by atoms with Gasteiger partial charge in [-0.2, -0.15) is 0 Å². The highest BCUT2D eigenvalue weighted by Crippen LogP contribution is 2.26. The van der Waals surface area contributed by atoms with E-state index in [1.54, 1.807) is 17.2 Å². The van der Waals surface area contributed by atoms with E-state index in [9.17, 15) is 13.6 Å². The maximum Gasteiger partial charge on any atom is 0.321 e. The summed E-state index contributed by atoms with van der Waals surface area (Å²) < 4.78 is 28.0. The molecule has 0 spiro atoms. The van der Waals surface area contributed by atoms with Crippen molar-refractivity contribution in [2.75, 3.05) is 18.4 Å². The zero-order valence-electron chi connectivity index (χ0n) is 15.5. The van der Waals surface area contributed by atoms with E-state index in [-0.39, 0.29) is 16.6 Å². The molecule has 2 aromatic carbocycles. The Balaban J connectivity index is 1.44. The number of fused-ring (bicyclic) bond motifs is 1. The number of para-hydroxylation sites is 1. The van der Waals surface area contributed by atoms with E-state index < -0.39 is 11.6 Å². The van der Waals surface area contributed by atoms with Crippen molar-refractivity contribution in [3.63, 3.8) is 0 Å². The second-order valence-electron chi connectivity index (χ2n) is 6.88. The van der Waals surface area contributed by atoms with Crippen molar-refractivity contribution in [2.24, 2.45) is 0 Å². The van der Waals surface area contributed by atoms with Crippen molar-refractivity contribution in [1.29, 1.82) is 0 Å². The van der Waals surface area contributed by atoms with Gasteiger partial charge in [0.05, 0.1) is 11.2 Å². The van der Waals surface area contributed by atoms with Gasteiger partial charge >= 0.3 is 6.03 Å². The van der Waals surface area contributed by atoms with Gasteiger partial charge in [-0.1, -0.05) is 35.4 Å². The average molecular weight is 414 g/mol. The van der Waals surface area contributed by atoms with Gasteiger partial charge in [0.25, 0.3) is 0 Å². The summed E-state index contributed by atoms with van der Waals surface area (Å²) in [4.78, 5) is 18.6. The van der Waals surface area contributed by atoms with Crippen molar-refractivity contribution < 1.29 is 13.6 Å². The summed E-state index contributed by atoms with van der Waals surface area (Å²) in [6.45, 7) is 0.940. The molecule has 0 atom stereocenters. The molecular formula is C22H18ClF2N3O. The Labute approximate surface area is 171 Å². The molecule has 1 N–H and O–H groups in total. The normalized spacial score (nSPS) is 14.2. The van der Waals surface area contributed by atoms with Crippen LogP contribution in [0.4, 0.5) is 19.3 Å². The number of amides is 2. The number of aromatic nitrogens is 1. The smallest absolute Gasteiger partial charge is 0.321 e. The van der Waals surface area contributed by atoms with Gasteiger partial charge in [-0.3, -0.25) is 4.98 Å². The summed E-state index contributed by atoms with van der Waals surface area (Å²) in [7, 11) is 0. The number of nitrogens with zero attached hydrogens (tertiary/aromatic N) is 2. The van der Waals surface area contributed by atoms with Gasteiger partial charge in [0.1, 0.15) is 11.6 Å². The Hall–Kier alpha value is -2.99. The summed E-state index contributed by atoms with van der Waals surface area (Å²) >= 11 is 5.67. The molecule has 1 aliphatic rings. The fraction of sp³-hybridized carbons (Fsp3) is 0.182. The number of likely N-dealkylation sites (tertiary alicyclic amines) is 1. The molecule has 1 fully saturated rings. The molecule has 4 nitrogen and oxygen atoms in total. The number of benzene rings is 2. The average Bonchev–Trinajstić information content (AvgIpc) is 2.71. The van der Waals surface area contributed by atoms with Crippen LogP contribution in [0.25, 0.3) is 17.0 Å². The lowest BCUT2D eigenvalue weighted by Gasteiger charge is -2.29. The molecule has 2 amide bonds. The first kappa shape index (κ1) is 19.3. The Morgan fingerprint density at radius 2 is 1.79 bits per heavy atom. The fourth-order valence-electron chi connectivity index (χ4n) is 3.44. The second-order valence-corrected chi connectivity index (χ2v) is 7.31. The van der Waals surface area contributed by atoms with Gasteiger partial charge in [-0.15, -0.1) is 0 Å². The quantitative estimate of drug-likeness (QED) is 0.570. The van der Waals surface area contributed by atoms with Crippen LogP contribution in [0.15, 0.2) is 54.2 Å². The van der Waals surface area contributed by atoms with E-state index >= 15 is 0 Å². The van der Waals surface area contributed by atoms with E-state index in [0.29, 0.717) is 31.6 Å². The topological polar surface area (TPSA) is 45.2 Å². The largest absolute Gasteiger partial charge is 0.324 e. The molecule has 0 aliphatic carbocycles. The van der Waals surface area contributed by atoms with E-state index in [4.69, 9.17) is 11.6 Å². The second kappa shape index (κ2) is 8.17. The van der Waals surface area contributed by atoms with E-state index in [1.807, 2.05) is 24.3 Å². The van der Waals surface area contributed by atoms with E-state index in [1.165, 1.54) is 6.08 Å². The molecule has 0 unspecified atom stereocenters. The zero-order valence-corrected chi connectivity index (χ0v) is 16.2. The molecular weight excluding hydrogens is 396 g/mol. The summed E-state index contributed by atoms with van der Waals surface area (Å²) in [6, 6.07) is 11.3. The molecule has 2 heterocycles. The SMILES string of the molecule is O=C(Nc1ccnc2ccccc12)N1CCC(=Cc2c(F)cc(Cl)cc2F)CC1. The highest BCUT2D eigenvalue weighted by molar-refractivity contribution is 6.30. The van der Waals surface area contributed by atoms with Crippen LogP contribution in [0.1, 0.15) is 18.4 Å². The minimum Gasteiger partial charge on any atom is -0.324 e. The van der Waals surface area contributed by atoms with Crippen LogP contribution < -0.4 is 5.32 Å². The Morgan fingerprint density at radius 1 is 1.10 bits per heavy atom. The lowest BCUT2D eigenvalue weighted by molar-refractivity contribution is 0.208. The third kappa shape index (κ3) is 4.22. The van der Waals surface area contributed by atoms with Gasteiger partial charge in [-0.05, 0) is 43.2 Å². The van der Waals surface area contributed by atoms with Crippen LogP contribution in [0.3, 0.4) is 0 Å². The van der Waals surface area contributed by atoms with Crippen molar-refractivity contribution in [1.82, 2.24) is 9.88 Å². The molecule has 0 saturated carbocycles. The molecule has 3 aromatic rings. The highest BCUT2D eigenvalue weighted by atomic mass is 35.5. The minimum absolute atomic E-state index is 0.0253. The van der Waals surface area contributed by atoms with Gasteiger partial charge < -0.3 is 10.2 Å². The monoisotopic (exact) mass is 413 g/mol. The fourth-order valence-corrected chi connectivity index (χ4v) is 3.63. The third-order valence-corrected chi connectivity index (χ3v) is 5.19. The highest BCUT2D eigenvalue weighted by Gasteiger charge is 2.20. The van der Waals surface area contributed by atoms with Crippen molar-refractivity contribution in [2.45, 2.75) is 12.8 Å². The number of hydrogen-bond acceptors (Lipinski definition) is 2. The maximum absolute atomic E-state index is 14.0. The van der Waals surface area contributed by atoms with Gasteiger partial charge in [0.2, 0.25) is 0 Å². The van der Waals surface area contributed by atoms with Crippen LogP contribution in [-0.2, 0) is 0 Å². The first-order valence-corrected chi connectivity index (χ1v) is 9.63. The van der Waals surface area contributed by atoms with Gasteiger partial charge in [0.15, 0.2) is 0 Å². The third-order valence-electron chi connectivity index (χ3n) is 4.98. The first-order chi connectivity index (χ1) is 14.0. The minimum atomic E-state index is -0.688. The van der Waals surface area contributed by atoms with Crippen molar-refractivity contribution in [3.8, 4) is 0 Å². The molecule has 1 saturated heterocycles. The van der Waals surface area contributed by atoms with Gasteiger partial charge in [0, 0.05) is 35.3 Å². The summed E-state index contributed by atoms with van der Waals surface area (Å²) in [6.07, 6.45) is 4.27. The predicted octanol–water partition coefficient (Wildman–Crippen LogP) is 5.88. The van der Waals surface area contributed by atoms with E-state index in [2.05, 4.69) is 10.3 Å². The predicted molar refractivity (Wildman–Crippen MR) is 111 cm³/mol. The molecule has 29 heavy (non-hydrogen) atoms. The number of anilines is 1. The van der Waals surface area contributed by atoms with Crippen LogP contribution in [0.5, 0.6) is 0 Å². The van der Waals surface area contributed by atoms with Crippen LogP contribution >= 0.6 is 11.6 Å². The molecule has 0 radical (unpaired) electrons. The lowest BCUT2D eigenvalue weighted by Crippen LogP contribution is -2.39. The number of piperidine rings is 1. The number of carbonyl (C=O) groups excluding carboxylic acids is 1. The Kier molecular flexibility index (Phi) is 5.45. The molecule has 148 valence electrons. The summed E-state index contributed by atoms with van der Waals surface area (Å²) in [5.41, 5.74) is 2.31. The molecule has 1 aliphatic heterocycles. The van der Waals surface area contributed by atoms with Crippen LogP contribution in [0, 0.1) is 11.6 Å². The van der Waals surface area contributed by atoms with Crippen LogP contribution in [-0.4, -0.2) is 29.0 Å². The summed E-state index contributed by atoms with van der Waals surface area (Å²) in [5.74, 6) is -1.38. The molecule has 0 bridgehead atoms. The molecule has 7 heteroatoms. The molecule has 1 aromatic heterocycles. The number of hydrogen-bond donors (Lipinski definition) is 1. The van der Waals surface area contributed by atoms with Crippen molar-refractivity contribution in [3.05, 3.63) is 76.5 Å².